The van der Waals surface area contributed by atoms with Crippen molar-refractivity contribution in [3.63, 3.8) is 0 Å². The first-order valence-electron chi connectivity index (χ1n) is 7.77. The van der Waals surface area contributed by atoms with Crippen LogP contribution in [0, 0.1) is 0 Å². The molecule has 0 aliphatic carbocycles. The van der Waals surface area contributed by atoms with Crippen LogP contribution >= 0.6 is 11.3 Å². The minimum atomic E-state index is 0.360. The van der Waals surface area contributed by atoms with E-state index in [2.05, 4.69) is 27.7 Å². The Morgan fingerprint density at radius 2 is 2.35 bits per heavy atom. The highest BCUT2D eigenvalue weighted by Crippen LogP contribution is 2.19. The van der Waals surface area contributed by atoms with Crippen LogP contribution in [-0.4, -0.2) is 37.0 Å². The third kappa shape index (κ3) is 4.60. The van der Waals surface area contributed by atoms with E-state index >= 15 is 0 Å². The first kappa shape index (κ1) is 15.5. The molecule has 1 fully saturated rings. The van der Waals surface area contributed by atoms with Crippen molar-refractivity contribution in [3.8, 4) is 0 Å². The van der Waals surface area contributed by atoms with E-state index < -0.39 is 0 Å². The van der Waals surface area contributed by atoms with E-state index in [9.17, 15) is 4.79 Å². The van der Waals surface area contributed by atoms with Crippen molar-refractivity contribution in [2.75, 3.05) is 20.1 Å². The molecule has 0 aromatic carbocycles. The van der Waals surface area contributed by atoms with Gasteiger partial charge in [-0.3, -0.25) is 4.79 Å². The van der Waals surface area contributed by atoms with Gasteiger partial charge in [-0.05, 0) is 50.6 Å². The fourth-order valence-electron chi connectivity index (χ4n) is 2.96. The van der Waals surface area contributed by atoms with Crippen LogP contribution in [0.3, 0.4) is 0 Å². The molecule has 1 aromatic heterocycles. The summed E-state index contributed by atoms with van der Waals surface area (Å²) >= 11 is 1.83. The quantitative estimate of drug-likeness (QED) is 0.747. The molecule has 20 heavy (non-hydrogen) atoms. The smallest absolute Gasteiger partial charge is 0.222 e. The van der Waals surface area contributed by atoms with E-state index in [1.807, 2.05) is 18.4 Å². The molecule has 112 valence electrons. The first-order chi connectivity index (χ1) is 9.81. The Labute approximate surface area is 126 Å². The molecule has 1 aliphatic rings. The van der Waals surface area contributed by atoms with E-state index in [1.165, 1.54) is 11.3 Å². The maximum atomic E-state index is 12.2. The summed E-state index contributed by atoms with van der Waals surface area (Å²) in [4.78, 5) is 15.8. The zero-order valence-electron chi connectivity index (χ0n) is 12.4. The zero-order chi connectivity index (χ0) is 14.2. The Hall–Kier alpha value is -0.870. The summed E-state index contributed by atoms with van der Waals surface area (Å²) in [6.45, 7) is 1.89. The number of hydrogen-bond acceptors (Lipinski definition) is 3. The van der Waals surface area contributed by atoms with Crippen molar-refractivity contribution in [2.24, 2.45) is 0 Å². The number of nitrogens with one attached hydrogen (secondary N) is 1. The number of carbonyl (C=O) groups excluding carboxylic acids is 1. The fraction of sp³-hybridized carbons (Fsp3) is 0.688. The van der Waals surface area contributed by atoms with Crippen molar-refractivity contribution in [1.29, 1.82) is 0 Å². The van der Waals surface area contributed by atoms with Crippen LogP contribution < -0.4 is 5.32 Å². The van der Waals surface area contributed by atoms with Gasteiger partial charge >= 0.3 is 0 Å². The fourth-order valence-corrected chi connectivity index (χ4v) is 3.71. The second-order valence-corrected chi connectivity index (χ2v) is 6.61. The van der Waals surface area contributed by atoms with Gasteiger partial charge in [0.2, 0.25) is 5.91 Å². The van der Waals surface area contributed by atoms with Gasteiger partial charge in [0.1, 0.15) is 0 Å². The Kier molecular flexibility index (Phi) is 6.54. The highest BCUT2D eigenvalue weighted by molar-refractivity contribution is 7.09. The SMILES string of the molecule is CNCC1CCCN1C(=O)CCCCCc1cccs1. The van der Waals surface area contributed by atoms with Crippen molar-refractivity contribution < 1.29 is 4.79 Å². The predicted molar refractivity (Wildman–Crippen MR) is 85.2 cm³/mol. The molecule has 0 radical (unpaired) electrons. The number of amides is 1. The molecule has 1 atom stereocenters. The standard InChI is InChI=1S/C16H26N2OS/c1-17-13-14-7-5-11-18(14)16(19)10-4-2-3-8-15-9-6-12-20-15/h6,9,12,14,17H,2-5,7-8,10-11,13H2,1H3. The molecule has 1 unspecified atom stereocenters. The molecule has 1 N–H and O–H groups in total. The van der Waals surface area contributed by atoms with E-state index in [4.69, 9.17) is 0 Å². The Morgan fingerprint density at radius 1 is 1.45 bits per heavy atom. The molecule has 1 amide bonds. The topological polar surface area (TPSA) is 32.3 Å². The average Bonchev–Trinajstić information content (AvgIpc) is 3.09. The normalized spacial score (nSPS) is 18.6. The molecular weight excluding hydrogens is 268 g/mol. The van der Waals surface area contributed by atoms with Crippen molar-refractivity contribution in [2.45, 2.75) is 51.0 Å². The van der Waals surface area contributed by atoms with Gasteiger partial charge in [-0.15, -0.1) is 11.3 Å². The lowest BCUT2D eigenvalue weighted by Crippen LogP contribution is -2.40. The lowest BCUT2D eigenvalue weighted by molar-refractivity contribution is -0.132. The molecule has 1 aliphatic heterocycles. The Morgan fingerprint density at radius 3 is 3.10 bits per heavy atom. The Bertz CT molecular complexity index is 391. The van der Waals surface area contributed by atoms with Crippen LogP contribution in [0.4, 0.5) is 0 Å². The summed E-state index contributed by atoms with van der Waals surface area (Å²) in [6.07, 6.45) is 7.61. The predicted octanol–water partition coefficient (Wildman–Crippen LogP) is 3.06. The van der Waals surface area contributed by atoms with Crippen LogP contribution in [0.5, 0.6) is 0 Å². The summed E-state index contributed by atoms with van der Waals surface area (Å²) in [5.74, 6) is 0.360. The summed E-state index contributed by atoms with van der Waals surface area (Å²) in [5.41, 5.74) is 0. The summed E-state index contributed by atoms with van der Waals surface area (Å²) in [7, 11) is 1.96. The van der Waals surface area contributed by atoms with Gasteiger partial charge in [-0.1, -0.05) is 12.5 Å². The number of nitrogens with zero attached hydrogens (tertiary/aromatic N) is 1. The van der Waals surface area contributed by atoms with Crippen molar-refractivity contribution in [1.82, 2.24) is 10.2 Å². The molecule has 0 saturated carbocycles. The lowest BCUT2D eigenvalue weighted by atomic mass is 10.1. The zero-order valence-corrected chi connectivity index (χ0v) is 13.3. The van der Waals surface area contributed by atoms with Crippen LogP contribution in [0.15, 0.2) is 17.5 Å². The van der Waals surface area contributed by atoms with Gasteiger partial charge in [0.25, 0.3) is 0 Å². The second-order valence-electron chi connectivity index (χ2n) is 5.58. The first-order valence-corrected chi connectivity index (χ1v) is 8.65. The van der Waals surface area contributed by atoms with Crippen LogP contribution in [0.25, 0.3) is 0 Å². The molecule has 2 rings (SSSR count). The third-order valence-corrected chi connectivity index (χ3v) is 4.97. The maximum Gasteiger partial charge on any atom is 0.222 e. The molecule has 4 heteroatoms. The number of hydrogen-bond donors (Lipinski definition) is 1. The largest absolute Gasteiger partial charge is 0.338 e. The minimum absolute atomic E-state index is 0.360. The maximum absolute atomic E-state index is 12.2. The minimum Gasteiger partial charge on any atom is -0.338 e. The monoisotopic (exact) mass is 294 g/mol. The van der Waals surface area contributed by atoms with E-state index in [-0.39, 0.29) is 0 Å². The van der Waals surface area contributed by atoms with Crippen LogP contribution in [-0.2, 0) is 11.2 Å². The van der Waals surface area contributed by atoms with E-state index in [0.29, 0.717) is 11.9 Å². The van der Waals surface area contributed by atoms with Gasteiger partial charge in [-0.25, -0.2) is 0 Å². The van der Waals surface area contributed by atoms with Crippen LogP contribution in [0.1, 0.15) is 43.4 Å². The number of likely N-dealkylation sites (tertiary alicyclic amines) is 1. The highest BCUT2D eigenvalue weighted by Gasteiger charge is 2.27. The van der Waals surface area contributed by atoms with Gasteiger partial charge < -0.3 is 10.2 Å². The van der Waals surface area contributed by atoms with Gasteiger partial charge in [0.15, 0.2) is 0 Å². The number of thiophene rings is 1. The van der Waals surface area contributed by atoms with Gasteiger partial charge in [0, 0.05) is 30.4 Å². The molecule has 3 nitrogen and oxygen atoms in total. The second kappa shape index (κ2) is 8.42. The number of carbonyl (C=O) groups is 1. The molecule has 2 heterocycles. The number of aryl methyl sites for hydroxylation is 1. The number of likely N-dealkylation sites (N-methyl/N-ethyl adjacent to an activating group) is 1. The van der Waals surface area contributed by atoms with Crippen molar-refractivity contribution in [3.05, 3.63) is 22.4 Å². The molecular formula is C16H26N2OS. The van der Waals surface area contributed by atoms with Crippen LogP contribution in [0.2, 0.25) is 0 Å². The van der Waals surface area contributed by atoms with Gasteiger partial charge in [-0.2, -0.15) is 0 Å². The van der Waals surface area contributed by atoms with Crippen molar-refractivity contribution >= 4 is 17.2 Å². The molecule has 1 aromatic rings. The van der Waals surface area contributed by atoms with E-state index in [0.717, 1.165) is 51.6 Å². The number of unbranched alkanes of at least 4 members (excludes halogenated alkanes) is 2. The molecule has 0 bridgehead atoms. The molecule has 1 saturated heterocycles. The van der Waals surface area contributed by atoms with Gasteiger partial charge in [0.05, 0.1) is 0 Å². The lowest BCUT2D eigenvalue weighted by Gasteiger charge is -2.24. The van der Waals surface area contributed by atoms with E-state index in [1.54, 1.807) is 0 Å². The summed E-state index contributed by atoms with van der Waals surface area (Å²) in [6, 6.07) is 4.74. The summed E-state index contributed by atoms with van der Waals surface area (Å²) < 4.78 is 0. The molecule has 0 spiro atoms. The Balaban J connectivity index is 1.60. The number of rotatable bonds is 8. The summed E-state index contributed by atoms with van der Waals surface area (Å²) in [5, 5.41) is 5.33. The third-order valence-electron chi connectivity index (χ3n) is 4.03. The highest BCUT2D eigenvalue weighted by atomic mass is 32.1. The average molecular weight is 294 g/mol.